The summed E-state index contributed by atoms with van der Waals surface area (Å²) >= 11 is 0. The van der Waals surface area contributed by atoms with Crippen molar-refractivity contribution in [1.82, 2.24) is 0 Å². The van der Waals surface area contributed by atoms with E-state index in [-0.39, 0.29) is 35.7 Å². The Morgan fingerprint density at radius 2 is 0.957 bits per heavy atom. The van der Waals surface area contributed by atoms with Crippen LogP contribution in [0.15, 0.2) is 0 Å². The molecular weight excluding hydrogens is 424 g/mol. The van der Waals surface area contributed by atoms with E-state index in [1.165, 1.54) is 0 Å². The SMILES string of the molecule is CC(C)(O)COCCOCCOCCOCCOCCO.O.[TeH2]. The Kier molecular flexibility index (Phi) is 25.2. The molecule has 9 heteroatoms. The van der Waals surface area contributed by atoms with Crippen LogP contribution in [0.2, 0.25) is 0 Å². The molecule has 0 aliphatic carbocycles. The van der Waals surface area contributed by atoms with Crippen LogP contribution in [0.5, 0.6) is 0 Å². The van der Waals surface area contributed by atoms with Gasteiger partial charge in [-0.15, -0.1) is 0 Å². The van der Waals surface area contributed by atoms with Gasteiger partial charge in [-0.05, 0) is 13.8 Å². The zero-order chi connectivity index (χ0) is 15.8. The van der Waals surface area contributed by atoms with Crippen molar-refractivity contribution in [3.8, 4) is 0 Å². The standard InChI is InChI=1S/C14H30O7.H2O.H2Te/c1-14(2,16)13-21-12-11-20-10-9-19-8-7-18-6-5-17-4-3-15;;/h15-16H,3-13H2,1-2H3;2*1H2. The van der Waals surface area contributed by atoms with Crippen molar-refractivity contribution < 1.29 is 39.4 Å². The molecule has 0 aromatic carbocycles. The van der Waals surface area contributed by atoms with Gasteiger partial charge in [0.2, 0.25) is 0 Å². The third kappa shape index (κ3) is 27.6. The van der Waals surface area contributed by atoms with Crippen molar-refractivity contribution >= 4 is 23.7 Å². The van der Waals surface area contributed by atoms with Crippen molar-refractivity contribution in [3.05, 3.63) is 0 Å². The van der Waals surface area contributed by atoms with Crippen LogP contribution in [0.3, 0.4) is 0 Å². The van der Waals surface area contributed by atoms with Gasteiger partial charge in [0.1, 0.15) is 0 Å². The first kappa shape index (κ1) is 28.3. The minimum atomic E-state index is -0.799. The fourth-order valence-corrected chi connectivity index (χ4v) is 1.27. The van der Waals surface area contributed by atoms with Crippen LogP contribution in [0.1, 0.15) is 13.8 Å². The van der Waals surface area contributed by atoms with Gasteiger partial charge in [-0.1, -0.05) is 0 Å². The van der Waals surface area contributed by atoms with E-state index in [1.54, 1.807) is 13.8 Å². The summed E-state index contributed by atoms with van der Waals surface area (Å²) in [5.74, 6) is 0. The molecule has 0 radical (unpaired) electrons. The molecule has 23 heavy (non-hydrogen) atoms. The average molecular weight is 458 g/mol. The van der Waals surface area contributed by atoms with Crippen molar-refractivity contribution in [2.24, 2.45) is 0 Å². The predicted octanol–water partition coefficient (Wildman–Crippen LogP) is -1.91. The van der Waals surface area contributed by atoms with Crippen LogP contribution in [-0.4, -0.2) is 118 Å². The van der Waals surface area contributed by atoms with E-state index in [1.807, 2.05) is 0 Å². The van der Waals surface area contributed by atoms with Gasteiger partial charge in [0.15, 0.2) is 0 Å². The number of hydrogen-bond acceptors (Lipinski definition) is 7. The van der Waals surface area contributed by atoms with Crippen molar-refractivity contribution in [2.45, 2.75) is 19.4 Å². The Hall–Kier alpha value is 0.470. The molecule has 0 heterocycles. The van der Waals surface area contributed by atoms with E-state index in [0.29, 0.717) is 66.1 Å². The Balaban J connectivity index is -0.00000200. The quantitative estimate of drug-likeness (QED) is 0.205. The first-order chi connectivity index (χ1) is 10.1. The van der Waals surface area contributed by atoms with Gasteiger partial charge in [-0.25, -0.2) is 0 Å². The Morgan fingerprint density at radius 1 is 0.652 bits per heavy atom. The van der Waals surface area contributed by atoms with Crippen LogP contribution in [0.25, 0.3) is 0 Å². The van der Waals surface area contributed by atoms with Crippen LogP contribution in [0, 0.1) is 0 Å². The van der Waals surface area contributed by atoms with Crippen LogP contribution in [-0.2, 0) is 23.7 Å². The third-order valence-electron chi connectivity index (χ3n) is 2.18. The summed E-state index contributed by atoms with van der Waals surface area (Å²) in [6, 6.07) is 0. The molecule has 0 saturated carbocycles. The minimum absolute atomic E-state index is 0. The fraction of sp³-hybridized carbons (Fsp3) is 1.00. The van der Waals surface area contributed by atoms with Gasteiger partial charge in [-0.3, -0.25) is 0 Å². The molecule has 4 N–H and O–H groups in total. The molecule has 0 aromatic rings. The second-order valence-electron chi connectivity index (χ2n) is 5.04. The zero-order valence-electron chi connectivity index (χ0n) is 14.2. The summed E-state index contributed by atoms with van der Waals surface area (Å²) in [4.78, 5) is 0. The van der Waals surface area contributed by atoms with E-state index in [2.05, 4.69) is 0 Å². The second-order valence-corrected chi connectivity index (χ2v) is 5.04. The topological polar surface area (TPSA) is 118 Å². The van der Waals surface area contributed by atoms with Gasteiger partial charge in [-0.2, -0.15) is 0 Å². The molecule has 0 saturated heterocycles. The number of ether oxygens (including phenoxy) is 5. The molecule has 0 spiro atoms. The summed E-state index contributed by atoms with van der Waals surface area (Å²) in [5.41, 5.74) is -0.799. The van der Waals surface area contributed by atoms with Crippen LogP contribution >= 0.6 is 0 Å². The molecule has 0 aromatic heterocycles. The van der Waals surface area contributed by atoms with E-state index in [0.717, 1.165) is 0 Å². The van der Waals surface area contributed by atoms with Gasteiger partial charge in [0.05, 0.1) is 78.3 Å². The van der Waals surface area contributed by atoms with Crippen LogP contribution in [0.4, 0.5) is 0 Å². The second kappa shape index (κ2) is 20.5. The molecule has 0 aliphatic heterocycles. The van der Waals surface area contributed by atoms with E-state index in [4.69, 9.17) is 28.8 Å². The zero-order valence-corrected chi connectivity index (χ0v) is 17.1. The maximum atomic E-state index is 9.40. The molecule has 144 valence electrons. The van der Waals surface area contributed by atoms with Crippen molar-refractivity contribution in [2.75, 3.05) is 72.7 Å². The molecule has 0 bridgehead atoms. The number of hydrogen-bond donors (Lipinski definition) is 2. The van der Waals surface area contributed by atoms with Gasteiger partial charge < -0.3 is 39.4 Å². The average Bonchev–Trinajstić information content (AvgIpc) is 2.42. The Bertz CT molecular complexity index is 213. The first-order valence-corrected chi connectivity index (χ1v) is 7.28. The van der Waals surface area contributed by atoms with Crippen molar-refractivity contribution in [1.29, 1.82) is 0 Å². The van der Waals surface area contributed by atoms with E-state index < -0.39 is 5.60 Å². The molecule has 8 nitrogen and oxygen atoms in total. The van der Waals surface area contributed by atoms with Gasteiger partial charge in [0, 0.05) is 0 Å². The number of rotatable bonds is 16. The maximum absolute atomic E-state index is 9.40. The van der Waals surface area contributed by atoms with Crippen LogP contribution < -0.4 is 0 Å². The van der Waals surface area contributed by atoms with Gasteiger partial charge in [0.25, 0.3) is 0 Å². The number of aliphatic hydroxyl groups excluding tert-OH is 1. The third-order valence-corrected chi connectivity index (χ3v) is 2.18. The molecule has 0 rings (SSSR count). The molecule has 0 unspecified atom stereocenters. The summed E-state index contributed by atoms with van der Waals surface area (Å²) in [6.45, 7) is 8.03. The summed E-state index contributed by atoms with van der Waals surface area (Å²) in [7, 11) is 0. The molecule has 0 atom stereocenters. The monoisotopic (exact) mass is 460 g/mol. The van der Waals surface area contributed by atoms with Crippen molar-refractivity contribution in [3.63, 3.8) is 0 Å². The Morgan fingerprint density at radius 3 is 1.26 bits per heavy atom. The molecule has 0 aliphatic rings. The molecular formula is C14H34O8Te. The van der Waals surface area contributed by atoms with E-state index >= 15 is 0 Å². The predicted molar refractivity (Wildman–Crippen MR) is 89.6 cm³/mol. The summed E-state index contributed by atoms with van der Waals surface area (Å²) in [5, 5.41) is 17.9. The van der Waals surface area contributed by atoms with E-state index in [9.17, 15) is 5.11 Å². The first-order valence-electron chi connectivity index (χ1n) is 7.28. The molecule has 0 amide bonds. The summed E-state index contributed by atoms with van der Waals surface area (Å²) in [6.07, 6.45) is 0. The summed E-state index contributed by atoms with van der Waals surface area (Å²) < 4.78 is 26.1. The number of aliphatic hydroxyl groups is 2. The normalized spacial score (nSPS) is 11.0. The van der Waals surface area contributed by atoms with Gasteiger partial charge >= 0.3 is 23.7 Å². The fourth-order valence-electron chi connectivity index (χ4n) is 1.27. The Labute approximate surface area is 155 Å². The molecule has 0 fully saturated rings.